The van der Waals surface area contributed by atoms with E-state index in [0.717, 1.165) is 0 Å². The van der Waals surface area contributed by atoms with Crippen molar-refractivity contribution >= 4 is 141 Å². The number of hydrogen-bond donors (Lipinski definition) is 0. The zero-order valence-electron chi connectivity index (χ0n) is 13.8. The van der Waals surface area contributed by atoms with Crippen LogP contribution in [0.3, 0.4) is 0 Å². The van der Waals surface area contributed by atoms with Gasteiger partial charge in [-0.05, 0) is 64.8 Å². The van der Waals surface area contributed by atoms with E-state index >= 15 is 0 Å². The molecule has 0 atom stereocenters. The molecule has 0 unspecified atom stereocenters. The van der Waals surface area contributed by atoms with Crippen molar-refractivity contribution in [3.63, 3.8) is 0 Å². The molecule has 0 aliphatic carbocycles. The monoisotopic (exact) mass is 358 g/mol. The van der Waals surface area contributed by atoms with Crippen molar-refractivity contribution in [2.45, 2.75) is 6.92 Å². The smallest absolute Gasteiger partial charge is 0.126 e. The van der Waals surface area contributed by atoms with Crippen molar-refractivity contribution < 1.29 is 42.3 Å². The molecule has 85 valence electrons. The Morgan fingerprint density at radius 3 is 1.54 bits per heavy atom. The second-order valence-corrected chi connectivity index (χ2v) is 4.86. The van der Waals surface area contributed by atoms with E-state index < -0.39 is 38.5 Å². The van der Waals surface area contributed by atoms with Crippen LogP contribution in [0, 0.1) is 0 Å². The summed E-state index contributed by atoms with van der Waals surface area (Å²) >= 11 is 0. The minimum Gasteiger partial charge on any atom is -0.549 e. The summed E-state index contributed by atoms with van der Waals surface area (Å²) in [5.74, 6) is 0. The van der Waals surface area contributed by atoms with Crippen LogP contribution in [0.2, 0.25) is 0 Å². The Morgan fingerprint density at radius 1 is 0.875 bits per heavy atom. The van der Waals surface area contributed by atoms with E-state index in [9.17, 15) is 9.59 Å². The van der Waals surface area contributed by atoms with Crippen molar-refractivity contribution in [2.24, 2.45) is 0 Å². The van der Waals surface area contributed by atoms with Crippen molar-refractivity contribution in [2.75, 3.05) is 0 Å². The van der Waals surface area contributed by atoms with Gasteiger partial charge in [-0.2, -0.15) is 0 Å². The Labute approximate surface area is 188 Å². The van der Waals surface area contributed by atoms with Crippen molar-refractivity contribution in [3.05, 3.63) is 0 Å². The summed E-state index contributed by atoms with van der Waals surface area (Å²) in [5, 5.41) is 0. The molecule has 0 bridgehead atoms. The molecule has 24 heavy (non-hydrogen) atoms. The van der Waals surface area contributed by atoms with Gasteiger partial charge in [-0.25, -0.2) is 0 Å². The Hall–Kier alpha value is 1.61. The summed E-state index contributed by atoms with van der Waals surface area (Å²) in [6.45, 7) is -0.207. The Bertz CT molecular complexity index is 329. The van der Waals surface area contributed by atoms with E-state index in [1.807, 2.05) is 0 Å². The summed E-state index contributed by atoms with van der Waals surface area (Å²) in [6.07, 6.45) is -0.642. The number of carbonyl (C=O) groups is 1. The molecule has 0 aliphatic rings. The molecule has 0 aliphatic heterocycles. The maximum atomic E-state index is 10.8. The Kier molecular flexibility index (Phi) is 22.8. The second-order valence-electron chi connectivity index (χ2n) is 4.86. The van der Waals surface area contributed by atoms with Crippen LogP contribution in [0.15, 0.2) is 0 Å². The predicted molar refractivity (Wildman–Crippen MR) is 120 cm³/mol. The van der Waals surface area contributed by atoms with E-state index in [0.29, 0.717) is 0 Å². The molecule has 0 N–H and O–H groups in total. The first-order valence-corrected chi connectivity index (χ1v) is 6.82. The summed E-state index contributed by atoms with van der Waals surface area (Å²) in [6, 6.07) is 0. The third kappa shape index (κ3) is 13.8. The van der Waals surface area contributed by atoms with Gasteiger partial charge in [0, 0.05) is 90.5 Å². The minimum absolute atomic E-state index is 0. The van der Waals surface area contributed by atoms with Gasteiger partial charge in [-0.1, -0.05) is 6.49 Å². The minimum atomic E-state index is -0.860. The first kappa shape index (κ1) is 30.3. The normalized spacial score (nSPS) is 7.88. The summed E-state index contributed by atoms with van der Waals surface area (Å²) in [7, 11) is 48.4. The Morgan fingerprint density at radius 2 is 1.25 bits per heavy atom. The van der Waals surface area contributed by atoms with Crippen LogP contribution in [0.5, 0.6) is 0 Å². The molecule has 0 aromatic heterocycles. The Balaban J connectivity index is -0.000000354. The van der Waals surface area contributed by atoms with Crippen molar-refractivity contribution in [3.8, 4) is 0 Å². The van der Waals surface area contributed by atoms with Crippen LogP contribution in [-0.4, -0.2) is 141 Å². The quantitative estimate of drug-likeness (QED) is 0.289. The SMILES string of the molecule is [B][B][B]B([B])B([B])B([B])C(C)=O.[B][B][B]B([B])B([B])B([B])[C-]=O.[Y]. The van der Waals surface area contributed by atoms with E-state index in [-0.39, 0.29) is 38.4 Å². The summed E-state index contributed by atoms with van der Waals surface area (Å²) in [5.41, 5.74) is -0.177. The molecular formula is C3H3B18O2Y-. The molecule has 0 saturated carbocycles. The number of hydrogen-bond acceptors (Lipinski definition) is 2. The summed E-state index contributed by atoms with van der Waals surface area (Å²) < 4.78 is 0. The molecule has 0 saturated heterocycles. The molecular weight excluding hydrogens is 352 g/mol. The molecule has 0 amide bonds. The van der Waals surface area contributed by atoms with Crippen LogP contribution in [-0.2, 0) is 42.3 Å². The maximum absolute atomic E-state index is 10.8. The predicted octanol–water partition coefficient (Wildman–Crippen LogP) is -7.17. The maximum Gasteiger partial charge on any atom is 0.126 e. The molecule has 0 aromatic carbocycles. The zero-order valence-corrected chi connectivity index (χ0v) is 16.6. The average Bonchev–Trinajstić information content (AvgIpc) is 2.52. The van der Waals surface area contributed by atoms with E-state index in [4.69, 9.17) is 61.9 Å². The number of rotatable bonds is 10. The standard InChI is InChI=1S/C2H3B9O.CB9O.Y/c1-2(12)9(4)11(6)10(5)8-7-3;2-6-7-9(4)10(5)8(3)1-11;/h1H3;;/q;-1;. The molecule has 0 spiro atoms. The fourth-order valence-electron chi connectivity index (χ4n) is 1.34. The van der Waals surface area contributed by atoms with Gasteiger partial charge >= 0.3 is 0 Å². The molecule has 0 rings (SSSR count). The van der Waals surface area contributed by atoms with Crippen LogP contribution < -0.4 is 0 Å². The number of carbonyl (C=O) groups excluding carboxylic acids is 2. The van der Waals surface area contributed by atoms with Crippen molar-refractivity contribution in [1.82, 2.24) is 0 Å². The van der Waals surface area contributed by atoms with Crippen LogP contribution in [0.4, 0.5) is 0 Å². The molecule has 0 fully saturated rings. The molecule has 2 nitrogen and oxygen atoms in total. The van der Waals surface area contributed by atoms with Crippen LogP contribution >= 0.6 is 0 Å². The third-order valence-corrected chi connectivity index (χ3v) is 2.99. The van der Waals surface area contributed by atoms with Crippen LogP contribution in [0.25, 0.3) is 0 Å². The topological polar surface area (TPSA) is 34.1 Å². The van der Waals surface area contributed by atoms with Gasteiger partial charge in [0.15, 0.2) is 0 Å². The molecule has 21 heteroatoms. The first-order valence-electron chi connectivity index (χ1n) is 6.82. The van der Waals surface area contributed by atoms with E-state index in [2.05, 4.69) is 0 Å². The second kappa shape index (κ2) is 18.0. The molecule has 21 radical (unpaired) electrons. The van der Waals surface area contributed by atoms with Gasteiger partial charge in [-0.3, -0.25) is 0 Å². The molecule has 0 aromatic rings. The van der Waals surface area contributed by atoms with Gasteiger partial charge < -0.3 is 15.8 Å². The fourth-order valence-corrected chi connectivity index (χ4v) is 1.34. The first-order chi connectivity index (χ1) is 10.6. The largest absolute Gasteiger partial charge is 0.549 e. The van der Waals surface area contributed by atoms with E-state index in [1.165, 1.54) is 35.2 Å². The third-order valence-electron chi connectivity index (χ3n) is 2.99. The van der Waals surface area contributed by atoms with Gasteiger partial charge in [-0.15, -0.1) is 0 Å². The zero-order chi connectivity index (χ0) is 18.6. The molecule has 0 heterocycles. The fraction of sp³-hybridized carbons (Fsp3) is 0.333. The van der Waals surface area contributed by atoms with Gasteiger partial charge in [0.25, 0.3) is 0 Å². The summed E-state index contributed by atoms with van der Waals surface area (Å²) in [4.78, 5) is 20.8. The van der Waals surface area contributed by atoms with E-state index in [1.54, 1.807) is 6.19 Å². The average molecular weight is 355 g/mol. The van der Waals surface area contributed by atoms with Crippen molar-refractivity contribution in [1.29, 1.82) is 0 Å². The van der Waals surface area contributed by atoms with Gasteiger partial charge in [0.2, 0.25) is 0 Å². The van der Waals surface area contributed by atoms with Crippen LogP contribution in [0.1, 0.15) is 6.92 Å². The van der Waals surface area contributed by atoms with Gasteiger partial charge in [0.1, 0.15) is 6.49 Å². The van der Waals surface area contributed by atoms with Gasteiger partial charge in [0.05, 0.1) is 5.68 Å².